The van der Waals surface area contributed by atoms with Crippen molar-refractivity contribution >= 4 is 39.6 Å². The van der Waals surface area contributed by atoms with Crippen LogP contribution in [0.4, 0.5) is 4.79 Å². The number of carbonyl (C=O) groups is 2. The van der Waals surface area contributed by atoms with Gasteiger partial charge in [0, 0.05) is 9.50 Å². The van der Waals surface area contributed by atoms with Crippen molar-refractivity contribution in [2.75, 3.05) is 0 Å². The lowest BCUT2D eigenvalue weighted by molar-refractivity contribution is -0.143. The Balaban J connectivity index is 2.18. The molecule has 0 saturated carbocycles. The molecular weight excluding hydrogens is 498 g/mol. The minimum absolute atomic E-state index is 0.0580. The molecular formula is C24H29BrClNO5. The topological polar surface area (TPSA) is 95.9 Å². The second-order valence-electron chi connectivity index (χ2n) is 8.72. The molecule has 6 nitrogen and oxygen atoms in total. The Morgan fingerprint density at radius 3 is 2.28 bits per heavy atom. The molecule has 0 aromatic heterocycles. The quantitative estimate of drug-likeness (QED) is 0.416. The number of nitrogens with one attached hydrogen (secondary N) is 1. The number of hydrogen-bond donors (Lipinski definition) is 3. The van der Waals surface area contributed by atoms with E-state index in [2.05, 4.69) is 21.2 Å². The molecule has 8 heteroatoms. The Morgan fingerprint density at radius 1 is 1.09 bits per heavy atom. The van der Waals surface area contributed by atoms with Gasteiger partial charge in [-0.3, -0.25) is 4.79 Å². The maximum Gasteiger partial charge on any atom is 0.407 e. The Morgan fingerprint density at radius 2 is 1.72 bits per heavy atom. The van der Waals surface area contributed by atoms with Crippen LogP contribution in [0.3, 0.4) is 0 Å². The summed E-state index contributed by atoms with van der Waals surface area (Å²) in [4.78, 5) is 24.3. The average molecular weight is 527 g/mol. The van der Waals surface area contributed by atoms with E-state index in [0.717, 1.165) is 10.0 Å². The molecule has 0 aliphatic rings. The molecule has 0 fully saturated rings. The lowest BCUT2D eigenvalue weighted by Crippen LogP contribution is -2.47. The van der Waals surface area contributed by atoms with Gasteiger partial charge in [0.05, 0.1) is 18.1 Å². The molecule has 1 amide bonds. The van der Waals surface area contributed by atoms with Gasteiger partial charge in [0.2, 0.25) is 0 Å². The van der Waals surface area contributed by atoms with Gasteiger partial charge in [-0.05, 0) is 69.4 Å². The van der Waals surface area contributed by atoms with Crippen LogP contribution in [0.5, 0.6) is 0 Å². The summed E-state index contributed by atoms with van der Waals surface area (Å²) in [6.07, 6.45) is -1.36. The molecule has 3 atom stereocenters. The molecule has 0 saturated heterocycles. The normalized spacial score (nSPS) is 14.3. The number of carbonyl (C=O) groups excluding carboxylic acids is 1. The molecule has 2 aromatic carbocycles. The number of rotatable bonds is 9. The van der Waals surface area contributed by atoms with Crippen molar-refractivity contribution in [1.82, 2.24) is 5.32 Å². The van der Waals surface area contributed by atoms with E-state index in [4.69, 9.17) is 16.3 Å². The molecule has 0 radical (unpaired) electrons. The van der Waals surface area contributed by atoms with E-state index in [0.29, 0.717) is 17.0 Å². The van der Waals surface area contributed by atoms with Gasteiger partial charge in [-0.15, -0.1) is 0 Å². The Hall–Kier alpha value is -2.09. The zero-order valence-corrected chi connectivity index (χ0v) is 20.7. The summed E-state index contributed by atoms with van der Waals surface area (Å²) in [6, 6.07) is 13.8. The standard InChI is InChI=1S/C24H29BrClNO5/c1-24(2,3)32-23(31)27-20(12-15-8-10-18(25)11-9-15)21(28)14-17(22(29)30)13-16-6-4-5-7-19(16)26/h4-11,17,20-21,28H,12-14H2,1-3H3,(H,27,31)(H,29,30)/t17-,20+,21+/m1/s1. The third-order valence-corrected chi connectivity index (χ3v) is 5.73. The average Bonchev–Trinajstić information content (AvgIpc) is 2.68. The summed E-state index contributed by atoms with van der Waals surface area (Å²) >= 11 is 9.57. The summed E-state index contributed by atoms with van der Waals surface area (Å²) in [6.45, 7) is 5.24. The number of ether oxygens (including phenoxy) is 1. The molecule has 174 valence electrons. The van der Waals surface area contributed by atoms with Crippen LogP contribution < -0.4 is 5.32 Å². The minimum atomic E-state index is -1.12. The van der Waals surface area contributed by atoms with Gasteiger partial charge in [0.25, 0.3) is 0 Å². The van der Waals surface area contributed by atoms with Crippen LogP contribution in [-0.2, 0) is 22.4 Å². The smallest absolute Gasteiger partial charge is 0.407 e. The molecule has 2 aromatic rings. The second kappa shape index (κ2) is 11.7. The van der Waals surface area contributed by atoms with Gasteiger partial charge in [-0.2, -0.15) is 0 Å². The number of halogens is 2. The van der Waals surface area contributed by atoms with Crippen LogP contribution in [0.25, 0.3) is 0 Å². The maximum atomic E-state index is 12.4. The fraction of sp³-hybridized carbons (Fsp3) is 0.417. The molecule has 0 unspecified atom stereocenters. The van der Waals surface area contributed by atoms with Crippen LogP contribution in [0.15, 0.2) is 53.0 Å². The highest BCUT2D eigenvalue weighted by molar-refractivity contribution is 9.10. The number of alkyl carbamates (subject to hydrolysis) is 1. The van der Waals surface area contributed by atoms with E-state index >= 15 is 0 Å². The van der Waals surface area contributed by atoms with Gasteiger partial charge >= 0.3 is 12.1 Å². The predicted molar refractivity (Wildman–Crippen MR) is 128 cm³/mol. The highest BCUT2D eigenvalue weighted by atomic mass is 79.9. The van der Waals surface area contributed by atoms with Crippen LogP contribution in [0, 0.1) is 5.92 Å². The van der Waals surface area contributed by atoms with Crippen LogP contribution in [0.1, 0.15) is 38.3 Å². The first-order chi connectivity index (χ1) is 14.9. The summed E-state index contributed by atoms with van der Waals surface area (Å²) in [5.74, 6) is -1.92. The monoisotopic (exact) mass is 525 g/mol. The number of amides is 1. The summed E-state index contributed by atoms with van der Waals surface area (Å²) in [5.41, 5.74) is 0.870. The van der Waals surface area contributed by atoms with Crippen molar-refractivity contribution < 1.29 is 24.5 Å². The predicted octanol–water partition coefficient (Wildman–Crippen LogP) is 5.23. The van der Waals surface area contributed by atoms with E-state index in [1.54, 1.807) is 45.0 Å². The number of hydrogen-bond acceptors (Lipinski definition) is 4. The number of aliphatic carboxylic acids is 1. The Labute approximate surface area is 202 Å². The van der Waals surface area contributed by atoms with Crippen molar-refractivity contribution in [2.24, 2.45) is 5.92 Å². The van der Waals surface area contributed by atoms with Crippen molar-refractivity contribution in [2.45, 2.75) is 57.8 Å². The SMILES string of the molecule is CC(C)(C)OC(=O)N[C@@H](Cc1ccc(Br)cc1)[C@@H](O)C[C@@H](Cc1ccccc1Cl)C(=O)O. The highest BCUT2D eigenvalue weighted by Crippen LogP contribution is 2.23. The molecule has 0 aliphatic heterocycles. The molecule has 0 spiro atoms. The zero-order valence-electron chi connectivity index (χ0n) is 18.3. The lowest BCUT2D eigenvalue weighted by atomic mass is 9.89. The summed E-state index contributed by atoms with van der Waals surface area (Å²) in [5, 5.41) is 23.9. The van der Waals surface area contributed by atoms with E-state index < -0.39 is 35.7 Å². The third-order valence-electron chi connectivity index (χ3n) is 4.83. The molecule has 3 N–H and O–H groups in total. The largest absolute Gasteiger partial charge is 0.481 e. The fourth-order valence-electron chi connectivity index (χ4n) is 3.27. The highest BCUT2D eigenvalue weighted by Gasteiger charge is 2.30. The summed E-state index contributed by atoms with van der Waals surface area (Å²) < 4.78 is 6.24. The molecule has 0 aliphatic carbocycles. The lowest BCUT2D eigenvalue weighted by Gasteiger charge is -2.28. The Bertz CT molecular complexity index is 913. The van der Waals surface area contributed by atoms with Crippen LogP contribution in [0.2, 0.25) is 5.02 Å². The van der Waals surface area contributed by atoms with Crippen molar-refractivity contribution in [3.05, 3.63) is 69.2 Å². The van der Waals surface area contributed by atoms with E-state index in [9.17, 15) is 19.8 Å². The van der Waals surface area contributed by atoms with Crippen molar-refractivity contribution in [3.8, 4) is 0 Å². The Kier molecular flexibility index (Phi) is 9.55. The van der Waals surface area contributed by atoms with Gasteiger partial charge < -0.3 is 20.3 Å². The van der Waals surface area contributed by atoms with E-state index in [1.165, 1.54) is 0 Å². The number of aliphatic hydroxyl groups excluding tert-OH is 1. The van der Waals surface area contributed by atoms with Gasteiger partial charge in [-0.1, -0.05) is 57.9 Å². The van der Waals surface area contributed by atoms with Gasteiger partial charge in [0.1, 0.15) is 5.60 Å². The van der Waals surface area contributed by atoms with E-state index in [1.807, 2.05) is 24.3 Å². The number of aliphatic hydroxyl groups is 1. The maximum absolute atomic E-state index is 12.4. The second-order valence-corrected chi connectivity index (χ2v) is 10.0. The number of carboxylic acid groups (broad SMARTS) is 1. The van der Waals surface area contributed by atoms with Crippen molar-refractivity contribution in [3.63, 3.8) is 0 Å². The first-order valence-corrected chi connectivity index (χ1v) is 11.5. The van der Waals surface area contributed by atoms with Crippen LogP contribution in [-0.4, -0.2) is 40.0 Å². The fourth-order valence-corrected chi connectivity index (χ4v) is 3.75. The zero-order chi connectivity index (χ0) is 23.9. The van der Waals surface area contributed by atoms with E-state index in [-0.39, 0.29) is 12.8 Å². The first kappa shape index (κ1) is 26.2. The molecule has 0 bridgehead atoms. The molecule has 0 heterocycles. The third kappa shape index (κ3) is 8.81. The molecule has 32 heavy (non-hydrogen) atoms. The minimum Gasteiger partial charge on any atom is -0.481 e. The summed E-state index contributed by atoms with van der Waals surface area (Å²) in [7, 11) is 0. The van der Waals surface area contributed by atoms with Crippen LogP contribution >= 0.6 is 27.5 Å². The first-order valence-electron chi connectivity index (χ1n) is 10.3. The van der Waals surface area contributed by atoms with Gasteiger partial charge in [0.15, 0.2) is 0 Å². The number of carboxylic acids is 1. The van der Waals surface area contributed by atoms with Crippen molar-refractivity contribution in [1.29, 1.82) is 0 Å². The number of benzene rings is 2. The van der Waals surface area contributed by atoms with Gasteiger partial charge in [-0.25, -0.2) is 4.79 Å². The molecule has 2 rings (SSSR count).